The number of hydrogen-bond acceptors (Lipinski definition) is 4. The second kappa shape index (κ2) is 7.35. The summed E-state index contributed by atoms with van der Waals surface area (Å²) >= 11 is 5.92. The Morgan fingerprint density at radius 3 is 2.62 bits per heavy atom. The molecule has 2 atom stereocenters. The predicted molar refractivity (Wildman–Crippen MR) is 91.1 cm³/mol. The van der Waals surface area contributed by atoms with E-state index in [1.54, 1.807) is 0 Å². The van der Waals surface area contributed by atoms with Crippen molar-refractivity contribution in [2.24, 2.45) is 5.92 Å². The van der Waals surface area contributed by atoms with E-state index in [1.165, 1.54) is 16.4 Å². The van der Waals surface area contributed by atoms with Crippen LogP contribution in [-0.4, -0.2) is 69.6 Å². The molecule has 6 nitrogen and oxygen atoms in total. The molecule has 1 aliphatic heterocycles. The summed E-state index contributed by atoms with van der Waals surface area (Å²) in [5.41, 5.74) is -0.222. The maximum Gasteiger partial charge on any atom is 0.256 e. The Bertz CT molecular complexity index is 706. The van der Waals surface area contributed by atoms with Gasteiger partial charge in [0.15, 0.2) is 0 Å². The Kier molecular flexibility index (Phi) is 5.85. The first-order valence-electron chi connectivity index (χ1n) is 7.44. The molecule has 0 aromatic heterocycles. The summed E-state index contributed by atoms with van der Waals surface area (Å²) < 4.78 is 38.8. The van der Waals surface area contributed by atoms with Crippen LogP contribution in [0.4, 0.5) is 4.39 Å². The van der Waals surface area contributed by atoms with E-state index in [9.17, 15) is 17.6 Å². The van der Waals surface area contributed by atoms with Crippen LogP contribution in [0, 0.1) is 11.7 Å². The minimum absolute atomic E-state index is 0.0228. The molecular formula is C15H21ClFN3O3S. The summed E-state index contributed by atoms with van der Waals surface area (Å²) in [7, 11) is 0.384. The first kappa shape index (κ1) is 19.1. The van der Waals surface area contributed by atoms with Crippen molar-refractivity contribution in [3.8, 4) is 0 Å². The molecule has 1 amide bonds. The number of nitrogens with zero attached hydrogens (tertiary/aromatic N) is 2. The maximum absolute atomic E-state index is 13.9. The van der Waals surface area contributed by atoms with Crippen LogP contribution in [0.3, 0.4) is 0 Å². The number of amides is 1. The number of hydrogen-bond donors (Lipinski definition) is 1. The Morgan fingerprint density at radius 1 is 1.42 bits per heavy atom. The van der Waals surface area contributed by atoms with Gasteiger partial charge in [0.25, 0.3) is 5.91 Å². The van der Waals surface area contributed by atoms with Gasteiger partial charge in [-0.15, -0.1) is 0 Å². The molecule has 0 spiro atoms. The third kappa shape index (κ3) is 4.44. The summed E-state index contributed by atoms with van der Waals surface area (Å²) in [6, 6.07) is 3.61. The van der Waals surface area contributed by atoms with Crippen molar-refractivity contribution in [3.63, 3.8) is 0 Å². The Hall–Kier alpha value is -1.22. The van der Waals surface area contributed by atoms with Crippen molar-refractivity contribution in [3.05, 3.63) is 34.6 Å². The lowest BCUT2D eigenvalue weighted by Gasteiger charge is -2.23. The lowest BCUT2D eigenvalue weighted by Crippen LogP contribution is -2.43. The average Bonchev–Trinajstić information content (AvgIpc) is 2.80. The number of halogens is 2. The van der Waals surface area contributed by atoms with Crippen molar-refractivity contribution in [1.82, 2.24) is 14.5 Å². The number of rotatable bonds is 5. The molecule has 1 saturated heterocycles. The highest BCUT2D eigenvalue weighted by atomic mass is 35.5. The standard InChI is InChI=1S/C15H21ClFN3O3S/c1-19(2)7-10-8-20(24(3,22)23)9-13(10)18-15(21)14-11(16)5-4-6-12(14)17/h4-6,10,13H,7-9H2,1-3H3,(H,18,21)/t10-,13-/m1/s1. The molecule has 9 heteroatoms. The van der Waals surface area contributed by atoms with Gasteiger partial charge in [0, 0.05) is 31.6 Å². The van der Waals surface area contributed by atoms with Gasteiger partial charge >= 0.3 is 0 Å². The largest absolute Gasteiger partial charge is 0.347 e. The van der Waals surface area contributed by atoms with E-state index >= 15 is 0 Å². The maximum atomic E-state index is 13.9. The summed E-state index contributed by atoms with van der Waals surface area (Å²) in [4.78, 5) is 14.3. The summed E-state index contributed by atoms with van der Waals surface area (Å²) in [6.07, 6.45) is 1.14. The molecule has 1 heterocycles. The first-order chi connectivity index (χ1) is 11.1. The molecule has 134 valence electrons. The number of sulfonamides is 1. The van der Waals surface area contributed by atoms with E-state index in [0.29, 0.717) is 13.1 Å². The molecule has 0 unspecified atom stereocenters. The molecular weight excluding hydrogens is 357 g/mol. The molecule has 1 N–H and O–H groups in total. The van der Waals surface area contributed by atoms with E-state index in [2.05, 4.69) is 5.32 Å². The second-order valence-corrected chi connectivity index (χ2v) is 8.67. The molecule has 24 heavy (non-hydrogen) atoms. The molecule has 0 bridgehead atoms. The quantitative estimate of drug-likeness (QED) is 0.832. The molecule has 0 aliphatic carbocycles. The number of benzene rings is 1. The Morgan fingerprint density at radius 2 is 2.08 bits per heavy atom. The van der Waals surface area contributed by atoms with Gasteiger partial charge in [0.2, 0.25) is 10.0 Å². The molecule has 0 saturated carbocycles. The van der Waals surface area contributed by atoms with Gasteiger partial charge in [-0.05, 0) is 26.2 Å². The monoisotopic (exact) mass is 377 g/mol. The van der Waals surface area contributed by atoms with E-state index < -0.39 is 27.8 Å². The summed E-state index contributed by atoms with van der Waals surface area (Å²) in [5, 5.41) is 2.76. The topological polar surface area (TPSA) is 69.7 Å². The SMILES string of the molecule is CN(C)C[C@@H]1CN(S(C)(=O)=O)C[C@H]1NC(=O)c1c(F)cccc1Cl. The van der Waals surface area contributed by atoms with Crippen molar-refractivity contribution in [2.45, 2.75) is 6.04 Å². The van der Waals surface area contributed by atoms with Gasteiger partial charge in [-0.25, -0.2) is 12.8 Å². The van der Waals surface area contributed by atoms with Crippen LogP contribution in [-0.2, 0) is 10.0 Å². The van der Waals surface area contributed by atoms with Gasteiger partial charge in [-0.3, -0.25) is 4.79 Å². The smallest absolute Gasteiger partial charge is 0.256 e. The number of carbonyl (C=O) groups excluding carboxylic acids is 1. The van der Waals surface area contributed by atoms with Crippen LogP contribution in [0.15, 0.2) is 18.2 Å². The van der Waals surface area contributed by atoms with Crippen LogP contribution in [0.2, 0.25) is 5.02 Å². The third-order valence-electron chi connectivity index (χ3n) is 3.98. The number of nitrogens with one attached hydrogen (secondary N) is 1. The minimum atomic E-state index is -3.36. The van der Waals surface area contributed by atoms with Gasteiger partial charge in [-0.1, -0.05) is 17.7 Å². The Labute approximate surface area is 146 Å². The average molecular weight is 378 g/mol. The molecule has 1 aliphatic rings. The third-order valence-corrected chi connectivity index (χ3v) is 5.53. The van der Waals surface area contributed by atoms with Crippen molar-refractivity contribution < 1.29 is 17.6 Å². The minimum Gasteiger partial charge on any atom is -0.347 e. The highest BCUT2D eigenvalue weighted by Crippen LogP contribution is 2.23. The van der Waals surface area contributed by atoms with Crippen LogP contribution in [0.25, 0.3) is 0 Å². The normalized spacial score (nSPS) is 22.1. The Balaban J connectivity index is 2.20. The van der Waals surface area contributed by atoms with Crippen LogP contribution >= 0.6 is 11.6 Å². The van der Waals surface area contributed by atoms with Crippen molar-refractivity contribution >= 4 is 27.5 Å². The van der Waals surface area contributed by atoms with E-state index in [4.69, 9.17) is 11.6 Å². The zero-order valence-corrected chi connectivity index (χ0v) is 15.4. The fourth-order valence-corrected chi connectivity index (χ4v) is 4.02. The zero-order chi connectivity index (χ0) is 18.1. The fourth-order valence-electron chi connectivity index (χ4n) is 2.88. The van der Waals surface area contributed by atoms with Gasteiger partial charge in [0.05, 0.1) is 16.8 Å². The summed E-state index contributed by atoms with van der Waals surface area (Å²) in [5.74, 6) is -1.44. The molecule has 1 aromatic carbocycles. The molecule has 0 radical (unpaired) electrons. The van der Waals surface area contributed by atoms with Crippen molar-refractivity contribution in [2.75, 3.05) is 40.0 Å². The van der Waals surface area contributed by atoms with E-state index in [-0.39, 0.29) is 23.0 Å². The van der Waals surface area contributed by atoms with Gasteiger partial charge < -0.3 is 10.2 Å². The predicted octanol–water partition coefficient (Wildman–Crippen LogP) is 1.03. The van der Waals surface area contributed by atoms with Gasteiger partial charge in [0.1, 0.15) is 5.82 Å². The summed E-state index contributed by atoms with van der Waals surface area (Å²) in [6.45, 7) is 1.07. The van der Waals surface area contributed by atoms with E-state index in [0.717, 1.165) is 12.3 Å². The lowest BCUT2D eigenvalue weighted by molar-refractivity contribution is 0.0923. The zero-order valence-electron chi connectivity index (χ0n) is 13.8. The van der Waals surface area contributed by atoms with Crippen LogP contribution < -0.4 is 5.32 Å². The molecule has 1 aromatic rings. The van der Waals surface area contributed by atoms with Crippen LogP contribution in [0.5, 0.6) is 0 Å². The fraction of sp³-hybridized carbons (Fsp3) is 0.533. The second-order valence-electron chi connectivity index (χ2n) is 6.28. The van der Waals surface area contributed by atoms with Crippen molar-refractivity contribution in [1.29, 1.82) is 0 Å². The molecule has 2 rings (SSSR count). The highest BCUT2D eigenvalue weighted by molar-refractivity contribution is 7.88. The first-order valence-corrected chi connectivity index (χ1v) is 9.67. The van der Waals surface area contributed by atoms with Crippen LogP contribution in [0.1, 0.15) is 10.4 Å². The highest BCUT2D eigenvalue weighted by Gasteiger charge is 2.38. The van der Waals surface area contributed by atoms with E-state index in [1.807, 2.05) is 19.0 Å². The number of carbonyl (C=O) groups is 1. The molecule has 1 fully saturated rings. The van der Waals surface area contributed by atoms with Gasteiger partial charge in [-0.2, -0.15) is 4.31 Å². The lowest BCUT2D eigenvalue weighted by atomic mass is 10.0.